The molecule has 1 aromatic carbocycles. The summed E-state index contributed by atoms with van der Waals surface area (Å²) in [6.07, 6.45) is 0. The van der Waals surface area contributed by atoms with E-state index in [0.29, 0.717) is 5.02 Å². The van der Waals surface area contributed by atoms with Crippen LogP contribution in [0.2, 0.25) is 5.02 Å². The summed E-state index contributed by atoms with van der Waals surface area (Å²) in [6, 6.07) is 5.78. The van der Waals surface area contributed by atoms with Gasteiger partial charge in [0.05, 0.1) is 6.04 Å². The topological polar surface area (TPSA) is 113 Å². The van der Waals surface area contributed by atoms with E-state index in [1.807, 2.05) is 0 Å². The van der Waals surface area contributed by atoms with Crippen LogP contribution >= 0.6 is 11.6 Å². The van der Waals surface area contributed by atoms with Crippen molar-refractivity contribution in [3.8, 4) is 0 Å². The third-order valence-corrected chi connectivity index (χ3v) is 2.92. The van der Waals surface area contributed by atoms with Crippen molar-refractivity contribution in [2.24, 2.45) is 5.73 Å². The Bertz CT molecular complexity index is 517. The molecule has 0 spiro atoms. The summed E-state index contributed by atoms with van der Waals surface area (Å²) in [6.45, 7) is 0.651. The fraction of sp³-hybridized carbons (Fsp3) is 0.308. The molecule has 0 radical (unpaired) electrons. The highest BCUT2D eigenvalue weighted by Gasteiger charge is 2.20. The minimum Gasteiger partial charge on any atom is -0.480 e. The summed E-state index contributed by atoms with van der Waals surface area (Å²) >= 11 is 5.77. The second-order valence-corrected chi connectivity index (χ2v) is 4.88. The Kier molecular flexibility index (Phi) is 5.98. The number of hydrogen-bond donors (Lipinski definition) is 3. The highest BCUT2D eigenvalue weighted by molar-refractivity contribution is 6.30. The molecule has 21 heavy (non-hydrogen) atoms. The van der Waals surface area contributed by atoms with Gasteiger partial charge in [-0.05, 0) is 24.6 Å². The highest BCUT2D eigenvalue weighted by atomic mass is 35.5. The summed E-state index contributed by atoms with van der Waals surface area (Å²) < 4.78 is 0. The van der Waals surface area contributed by atoms with Crippen molar-refractivity contribution in [3.63, 3.8) is 0 Å². The summed E-state index contributed by atoms with van der Waals surface area (Å²) in [5, 5.41) is 11.9. The van der Waals surface area contributed by atoms with Crippen molar-refractivity contribution in [1.29, 1.82) is 0 Å². The Morgan fingerprint density at radius 3 is 2.33 bits per heavy atom. The van der Waals surface area contributed by atoms with Crippen molar-refractivity contribution in [1.82, 2.24) is 10.2 Å². The molecule has 0 saturated carbocycles. The minimum atomic E-state index is -1.23. The molecule has 1 aromatic rings. The molecule has 0 bridgehead atoms. The van der Waals surface area contributed by atoms with E-state index in [2.05, 4.69) is 5.32 Å². The average molecular weight is 314 g/mol. The minimum absolute atomic E-state index is 0.376. The molecule has 1 atom stereocenters. The average Bonchev–Trinajstić information content (AvgIpc) is 2.37. The van der Waals surface area contributed by atoms with E-state index in [4.69, 9.17) is 22.4 Å². The van der Waals surface area contributed by atoms with Gasteiger partial charge in [-0.1, -0.05) is 23.7 Å². The number of aliphatic carboxylic acids is 1. The van der Waals surface area contributed by atoms with Gasteiger partial charge < -0.3 is 21.1 Å². The lowest BCUT2D eigenvalue weighted by Crippen LogP contribution is -2.47. The quantitative estimate of drug-likeness (QED) is 0.726. The number of carbonyl (C=O) groups is 3. The number of carboxylic acids is 1. The van der Waals surface area contributed by atoms with E-state index in [0.717, 1.165) is 10.5 Å². The molecule has 0 aliphatic carbocycles. The van der Waals surface area contributed by atoms with E-state index in [1.165, 1.54) is 0 Å². The van der Waals surface area contributed by atoms with Gasteiger partial charge in [0.2, 0.25) is 5.91 Å². The van der Waals surface area contributed by atoms with Gasteiger partial charge in [0.1, 0.15) is 13.1 Å². The van der Waals surface area contributed by atoms with E-state index >= 15 is 0 Å². The molecule has 0 saturated heterocycles. The molecule has 0 aliphatic heterocycles. The first-order valence-electron chi connectivity index (χ1n) is 6.10. The fourth-order valence-corrected chi connectivity index (χ4v) is 1.79. The van der Waals surface area contributed by atoms with Crippen molar-refractivity contribution < 1.29 is 19.5 Å². The number of carbonyl (C=O) groups excluding carboxylic acids is 2. The molecule has 8 heteroatoms. The summed E-state index contributed by atoms with van der Waals surface area (Å²) in [7, 11) is 0. The first-order chi connectivity index (χ1) is 9.79. The zero-order valence-electron chi connectivity index (χ0n) is 11.4. The maximum atomic E-state index is 12.0. The third kappa shape index (κ3) is 5.70. The number of halogens is 1. The zero-order valence-corrected chi connectivity index (χ0v) is 12.1. The molecule has 0 heterocycles. The summed E-state index contributed by atoms with van der Waals surface area (Å²) in [5.41, 5.74) is 5.79. The Balaban J connectivity index is 2.73. The van der Waals surface area contributed by atoms with Gasteiger partial charge in [-0.3, -0.25) is 9.59 Å². The largest absolute Gasteiger partial charge is 0.480 e. The normalized spacial score (nSPS) is 11.5. The molecule has 0 aliphatic rings. The lowest BCUT2D eigenvalue weighted by Gasteiger charge is -2.22. The van der Waals surface area contributed by atoms with E-state index < -0.39 is 31.0 Å². The second kappa shape index (κ2) is 7.49. The predicted molar refractivity (Wildman–Crippen MR) is 76.8 cm³/mol. The number of nitrogens with zero attached hydrogens (tertiary/aromatic N) is 1. The van der Waals surface area contributed by atoms with Gasteiger partial charge in [0.25, 0.3) is 0 Å². The van der Waals surface area contributed by atoms with Crippen LogP contribution in [0.4, 0.5) is 4.79 Å². The van der Waals surface area contributed by atoms with Crippen LogP contribution in [-0.2, 0) is 9.59 Å². The number of carboxylic acid groups (broad SMARTS) is 1. The van der Waals surface area contributed by atoms with Gasteiger partial charge in [0.15, 0.2) is 0 Å². The number of hydrogen-bond acceptors (Lipinski definition) is 3. The van der Waals surface area contributed by atoms with Crippen molar-refractivity contribution in [2.75, 3.05) is 13.1 Å². The number of urea groups is 1. The van der Waals surface area contributed by atoms with E-state index in [-0.39, 0.29) is 6.04 Å². The molecular formula is C13H16ClN3O4. The van der Waals surface area contributed by atoms with Gasteiger partial charge >= 0.3 is 12.0 Å². The SMILES string of the molecule is CC(NC(=O)N(CC(N)=O)CC(=O)O)c1ccc(Cl)cc1. The standard InChI is InChI=1S/C13H16ClN3O4/c1-8(9-2-4-10(14)5-3-9)16-13(21)17(6-11(15)18)7-12(19)20/h2-5,8H,6-7H2,1H3,(H2,15,18)(H,16,21)(H,19,20). The fourth-order valence-electron chi connectivity index (χ4n) is 1.66. The Hall–Kier alpha value is -2.28. The van der Waals surface area contributed by atoms with Gasteiger partial charge in [-0.25, -0.2) is 4.79 Å². The van der Waals surface area contributed by atoms with Crippen LogP contribution in [0.5, 0.6) is 0 Å². The van der Waals surface area contributed by atoms with Gasteiger partial charge in [-0.15, -0.1) is 0 Å². The maximum absolute atomic E-state index is 12.0. The molecule has 1 rings (SSSR count). The van der Waals surface area contributed by atoms with Crippen molar-refractivity contribution >= 4 is 29.5 Å². The molecule has 3 amide bonds. The highest BCUT2D eigenvalue weighted by Crippen LogP contribution is 2.16. The van der Waals surface area contributed by atoms with Crippen LogP contribution in [0.15, 0.2) is 24.3 Å². The van der Waals surface area contributed by atoms with E-state index in [9.17, 15) is 14.4 Å². The lowest BCUT2D eigenvalue weighted by molar-refractivity contribution is -0.137. The van der Waals surface area contributed by atoms with Crippen LogP contribution in [-0.4, -0.2) is 41.0 Å². The number of nitrogens with two attached hydrogens (primary N) is 1. The maximum Gasteiger partial charge on any atom is 0.323 e. The Morgan fingerprint density at radius 1 is 1.29 bits per heavy atom. The number of primary amides is 1. The first-order valence-corrected chi connectivity index (χ1v) is 6.48. The van der Waals surface area contributed by atoms with Crippen LogP contribution in [0.25, 0.3) is 0 Å². The summed E-state index contributed by atoms with van der Waals surface area (Å²) in [4.78, 5) is 34.4. The van der Waals surface area contributed by atoms with Gasteiger partial charge in [0, 0.05) is 5.02 Å². The molecule has 4 N–H and O–H groups in total. The van der Waals surface area contributed by atoms with Crippen LogP contribution in [0.3, 0.4) is 0 Å². The third-order valence-electron chi connectivity index (χ3n) is 2.67. The smallest absolute Gasteiger partial charge is 0.323 e. The van der Waals surface area contributed by atoms with E-state index in [1.54, 1.807) is 31.2 Å². The lowest BCUT2D eigenvalue weighted by atomic mass is 10.1. The van der Waals surface area contributed by atoms with Gasteiger partial charge in [-0.2, -0.15) is 0 Å². The number of rotatable bonds is 6. The Labute approximate surface area is 126 Å². The molecular weight excluding hydrogens is 298 g/mol. The molecule has 7 nitrogen and oxygen atoms in total. The monoisotopic (exact) mass is 313 g/mol. The number of benzene rings is 1. The van der Waals surface area contributed by atoms with Crippen LogP contribution in [0, 0.1) is 0 Å². The first kappa shape index (κ1) is 16.8. The van der Waals surface area contributed by atoms with Crippen molar-refractivity contribution in [3.05, 3.63) is 34.9 Å². The molecule has 0 fully saturated rings. The van der Waals surface area contributed by atoms with Crippen LogP contribution < -0.4 is 11.1 Å². The number of amides is 3. The summed E-state index contributed by atoms with van der Waals surface area (Å²) in [5.74, 6) is -2.02. The van der Waals surface area contributed by atoms with Crippen LogP contribution in [0.1, 0.15) is 18.5 Å². The zero-order chi connectivity index (χ0) is 16.0. The molecule has 1 unspecified atom stereocenters. The Morgan fingerprint density at radius 2 is 1.86 bits per heavy atom. The number of nitrogens with one attached hydrogen (secondary N) is 1. The van der Waals surface area contributed by atoms with Crippen molar-refractivity contribution in [2.45, 2.75) is 13.0 Å². The molecule has 114 valence electrons. The molecule has 0 aromatic heterocycles. The second-order valence-electron chi connectivity index (χ2n) is 4.44. The predicted octanol–water partition coefficient (Wildman–Crippen LogP) is 0.983.